The van der Waals surface area contributed by atoms with Gasteiger partial charge in [-0.15, -0.1) is 0 Å². The van der Waals surface area contributed by atoms with E-state index in [1.807, 2.05) is 24.3 Å². The Balaban J connectivity index is 2.38. The third-order valence-corrected chi connectivity index (χ3v) is 4.75. The fourth-order valence-corrected chi connectivity index (χ4v) is 3.46. The lowest BCUT2D eigenvalue weighted by Crippen LogP contribution is -2.44. The molecule has 0 aliphatic carbocycles. The highest BCUT2D eigenvalue weighted by atomic mass is 35.5. The fourth-order valence-electron chi connectivity index (χ4n) is 3.14. The van der Waals surface area contributed by atoms with Crippen molar-refractivity contribution in [2.45, 2.75) is 33.6 Å². The normalized spacial score (nSPS) is 16.4. The topological polar surface area (TPSA) is 41.3 Å². The first-order valence-electron chi connectivity index (χ1n) is 8.69. The molecule has 1 aliphatic heterocycles. The number of nitrogens with zero attached hydrogens (tertiary/aromatic N) is 1. The molecule has 25 heavy (non-hydrogen) atoms. The molecule has 0 saturated heterocycles. The summed E-state index contributed by atoms with van der Waals surface area (Å²) >= 11 is 6.44. The summed E-state index contributed by atoms with van der Waals surface area (Å²) in [6.45, 7) is 11.6. The van der Waals surface area contributed by atoms with Gasteiger partial charge in [-0.05, 0) is 55.0 Å². The van der Waals surface area contributed by atoms with Gasteiger partial charge in [-0.3, -0.25) is 5.32 Å². The molecule has 2 rings (SSSR count). The number of benzene rings is 1. The van der Waals surface area contributed by atoms with Gasteiger partial charge >= 0.3 is 0 Å². The highest BCUT2D eigenvalue weighted by molar-refractivity contribution is 6.33. The van der Waals surface area contributed by atoms with Crippen LogP contribution >= 0.6 is 11.6 Å². The van der Waals surface area contributed by atoms with E-state index in [1.165, 1.54) is 16.7 Å². The van der Waals surface area contributed by atoms with Gasteiger partial charge < -0.3 is 10.6 Å². The van der Waals surface area contributed by atoms with Crippen LogP contribution in [-0.4, -0.2) is 13.2 Å². The minimum absolute atomic E-state index is 0.661. The molecule has 1 aliphatic rings. The van der Waals surface area contributed by atoms with Gasteiger partial charge in [0.25, 0.3) is 0 Å². The molecule has 3 N–H and O–H groups in total. The maximum atomic E-state index is 6.55. The van der Waals surface area contributed by atoms with Gasteiger partial charge in [-0.2, -0.15) is 0 Å². The molecule has 4 heteroatoms. The van der Waals surface area contributed by atoms with Gasteiger partial charge in [-0.25, -0.2) is 0 Å². The molecule has 0 spiro atoms. The minimum Gasteiger partial charge on any atom is -0.385 e. The van der Waals surface area contributed by atoms with Crippen LogP contribution < -0.4 is 16.0 Å². The maximum Gasteiger partial charge on any atom is 0.105 e. The highest BCUT2D eigenvalue weighted by Gasteiger charge is 2.22. The average molecular weight is 358 g/mol. The van der Waals surface area contributed by atoms with E-state index in [-0.39, 0.29) is 0 Å². The van der Waals surface area contributed by atoms with Crippen LogP contribution in [0, 0.1) is 6.92 Å². The van der Waals surface area contributed by atoms with Crippen molar-refractivity contribution in [1.82, 2.24) is 5.32 Å². The average Bonchev–Trinajstić information content (AvgIpc) is 2.57. The Hall–Kier alpha value is -1.97. The summed E-state index contributed by atoms with van der Waals surface area (Å²) in [5.41, 5.74) is 12.3. The van der Waals surface area contributed by atoms with E-state index in [0.717, 1.165) is 41.5 Å². The Labute approximate surface area is 156 Å². The van der Waals surface area contributed by atoms with E-state index >= 15 is 0 Å². The van der Waals surface area contributed by atoms with E-state index in [1.54, 1.807) is 0 Å². The van der Waals surface area contributed by atoms with E-state index in [4.69, 9.17) is 17.3 Å². The third-order valence-electron chi connectivity index (χ3n) is 4.45. The first-order valence-corrected chi connectivity index (χ1v) is 9.07. The van der Waals surface area contributed by atoms with Gasteiger partial charge in [0.1, 0.15) is 5.82 Å². The van der Waals surface area contributed by atoms with Crippen molar-refractivity contribution in [3.63, 3.8) is 0 Å². The number of rotatable bonds is 6. The summed E-state index contributed by atoms with van der Waals surface area (Å²) < 4.78 is 0. The van der Waals surface area contributed by atoms with Crippen LogP contribution in [0.25, 0.3) is 0 Å². The molecule has 0 radical (unpaired) electrons. The van der Waals surface area contributed by atoms with Crippen LogP contribution in [-0.2, 0) is 0 Å². The Morgan fingerprint density at radius 2 is 2.20 bits per heavy atom. The smallest absolute Gasteiger partial charge is 0.105 e. The van der Waals surface area contributed by atoms with Crippen LogP contribution in [0.15, 0.2) is 65.5 Å². The molecule has 1 aromatic rings. The highest BCUT2D eigenvalue weighted by Crippen LogP contribution is 2.33. The maximum absolute atomic E-state index is 6.55. The SMILES string of the molecule is C=C/C=C(C)\C(=C/CC)CC1=C(N)N(c2c(C)cccc2Cl)CNC1. The van der Waals surface area contributed by atoms with Crippen LogP contribution in [0.2, 0.25) is 5.02 Å². The third kappa shape index (κ3) is 4.56. The summed E-state index contributed by atoms with van der Waals surface area (Å²) in [5.74, 6) is 0.795. The number of hydrogen-bond acceptors (Lipinski definition) is 3. The van der Waals surface area contributed by atoms with Gasteiger partial charge in [-0.1, -0.05) is 55.5 Å². The van der Waals surface area contributed by atoms with Crippen molar-refractivity contribution in [3.8, 4) is 0 Å². The molecular formula is C21H28ClN3. The number of anilines is 1. The molecule has 0 aromatic heterocycles. The summed E-state index contributed by atoms with van der Waals surface area (Å²) in [6.07, 6.45) is 7.95. The van der Waals surface area contributed by atoms with Crippen LogP contribution in [0.4, 0.5) is 5.69 Å². The Kier molecular flexibility index (Phi) is 6.91. The van der Waals surface area contributed by atoms with Gasteiger partial charge in [0, 0.05) is 6.54 Å². The second kappa shape index (κ2) is 8.93. The first-order chi connectivity index (χ1) is 12.0. The largest absolute Gasteiger partial charge is 0.385 e. The number of aryl methyl sites for hydroxylation is 1. The predicted molar refractivity (Wildman–Crippen MR) is 110 cm³/mol. The van der Waals surface area contributed by atoms with Crippen LogP contribution in [0.5, 0.6) is 0 Å². The Bertz CT molecular complexity index is 708. The molecular weight excluding hydrogens is 330 g/mol. The summed E-state index contributed by atoms with van der Waals surface area (Å²) in [6, 6.07) is 5.93. The van der Waals surface area contributed by atoms with Crippen molar-refractivity contribution in [1.29, 1.82) is 0 Å². The van der Waals surface area contributed by atoms with Crippen molar-refractivity contribution in [3.05, 3.63) is 76.1 Å². The molecule has 1 aromatic carbocycles. The second-order valence-electron chi connectivity index (χ2n) is 6.31. The standard InChI is InChI=1S/C21H28ClN3/c1-5-8-15(3)17(9-6-2)12-18-13-24-14-25(21(18)23)20-16(4)10-7-11-19(20)22/h5,7-11,24H,1,6,12-14,23H2,2-4H3/b15-8-,17-9-. The zero-order valence-electron chi connectivity index (χ0n) is 15.4. The zero-order valence-corrected chi connectivity index (χ0v) is 16.2. The molecule has 0 fully saturated rings. The number of para-hydroxylation sites is 1. The summed E-state index contributed by atoms with van der Waals surface area (Å²) in [7, 11) is 0. The molecule has 0 amide bonds. The first kappa shape index (κ1) is 19.4. The summed E-state index contributed by atoms with van der Waals surface area (Å²) in [4.78, 5) is 2.08. The van der Waals surface area contributed by atoms with E-state index in [9.17, 15) is 0 Å². The van der Waals surface area contributed by atoms with Crippen molar-refractivity contribution < 1.29 is 0 Å². The predicted octanol–water partition coefficient (Wildman–Crippen LogP) is 5.04. The molecule has 0 atom stereocenters. The van der Waals surface area contributed by atoms with Gasteiger partial charge in [0.2, 0.25) is 0 Å². The molecule has 134 valence electrons. The number of nitrogens with one attached hydrogen (secondary N) is 1. The summed E-state index contributed by atoms with van der Waals surface area (Å²) in [5, 5.41) is 4.17. The van der Waals surface area contributed by atoms with Crippen molar-refractivity contribution in [2.24, 2.45) is 5.73 Å². The fraction of sp³-hybridized carbons (Fsp3) is 0.333. The van der Waals surface area contributed by atoms with Crippen LogP contribution in [0.1, 0.15) is 32.3 Å². The van der Waals surface area contributed by atoms with Crippen molar-refractivity contribution >= 4 is 17.3 Å². The van der Waals surface area contributed by atoms with E-state index in [0.29, 0.717) is 6.67 Å². The Morgan fingerprint density at radius 3 is 2.84 bits per heavy atom. The lowest BCUT2D eigenvalue weighted by molar-refractivity contribution is 0.653. The quantitative estimate of drug-likeness (QED) is 0.700. The molecule has 0 unspecified atom stereocenters. The van der Waals surface area contributed by atoms with Gasteiger partial charge in [0.15, 0.2) is 0 Å². The van der Waals surface area contributed by atoms with E-state index in [2.05, 4.69) is 49.7 Å². The molecule has 3 nitrogen and oxygen atoms in total. The monoisotopic (exact) mass is 357 g/mol. The van der Waals surface area contributed by atoms with Gasteiger partial charge in [0.05, 0.1) is 17.4 Å². The van der Waals surface area contributed by atoms with E-state index < -0.39 is 0 Å². The molecule has 0 bridgehead atoms. The number of allylic oxidation sites excluding steroid dienone is 5. The number of halogens is 1. The van der Waals surface area contributed by atoms with Crippen molar-refractivity contribution in [2.75, 3.05) is 18.1 Å². The number of hydrogen-bond donors (Lipinski definition) is 2. The second-order valence-corrected chi connectivity index (χ2v) is 6.71. The van der Waals surface area contributed by atoms with Crippen LogP contribution in [0.3, 0.4) is 0 Å². The lowest BCUT2D eigenvalue weighted by Gasteiger charge is -2.34. The Morgan fingerprint density at radius 1 is 1.44 bits per heavy atom. The lowest BCUT2D eigenvalue weighted by atomic mass is 9.96. The molecule has 0 saturated carbocycles. The minimum atomic E-state index is 0.661. The number of nitrogens with two attached hydrogens (primary N) is 1. The zero-order chi connectivity index (χ0) is 18.4. The molecule has 1 heterocycles.